The highest BCUT2D eigenvalue weighted by Crippen LogP contribution is 2.28. The molecule has 0 amide bonds. The summed E-state index contributed by atoms with van der Waals surface area (Å²) in [4.78, 5) is 2.01. The van der Waals surface area contributed by atoms with Gasteiger partial charge in [0, 0.05) is 20.0 Å². The van der Waals surface area contributed by atoms with Gasteiger partial charge in [-0.3, -0.25) is 5.41 Å². The first-order valence-corrected chi connectivity index (χ1v) is 3.30. The summed E-state index contributed by atoms with van der Waals surface area (Å²) in [5, 5.41) is 7.44. The lowest BCUT2D eigenvalue weighted by Gasteiger charge is -2.15. The molecular formula is C7H14N2. The lowest BCUT2D eigenvalue weighted by Crippen LogP contribution is -2.20. The Morgan fingerprint density at radius 3 is 2.22 bits per heavy atom. The fourth-order valence-electron chi connectivity index (χ4n) is 1.38. The molecule has 0 aromatic heterocycles. The van der Waals surface area contributed by atoms with Gasteiger partial charge in [0.2, 0.25) is 0 Å². The maximum atomic E-state index is 7.44. The van der Waals surface area contributed by atoms with Gasteiger partial charge in [0.15, 0.2) is 0 Å². The molecule has 9 heavy (non-hydrogen) atoms. The SMILES string of the molecule is CN1CC(C)(C)CC1=N. The molecule has 52 valence electrons. The van der Waals surface area contributed by atoms with Gasteiger partial charge in [-0.2, -0.15) is 0 Å². The van der Waals surface area contributed by atoms with Crippen molar-refractivity contribution in [3.8, 4) is 0 Å². The molecule has 0 spiro atoms. The van der Waals surface area contributed by atoms with Gasteiger partial charge in [-0.1, -0.05) is 13.8 Å². The number of hydrogen-bond acceptors (Lipinski definition) is 1. The minimum atomic E-state index is 0.339. The Bertz CT molecular complexity index is 138. The molecule has 1 heterocycles. The van der Waals surface area contributed by atoms with E-state index in [1.165, 1.54) is 0 Å². The smallest absolute Gasteiger partial charge is 0.0961 e. The summed E-state index contributed by atoms with van der Waals surface area (Å²) >= 11 is 0. The molecular weight excluding hydrogens is 112 g/mol. The fourth-order valence-corrected chi connectivity index (χ4v) is 1.38. The van der Waals surface area contributed by atoms with E-state index in [4.69, 9.17) is 5.41 Å². The van der Waals surface area contributed by atoms with Crippen LogP contribution in [0.4, 0.5) is 0 Å². The van der Waals surface area contributed by atoms with Crippen molar-refractivity contribution in [3.05, 3.63) is 0 Å². The molecule has 2 heteroatoms. The highest BCUT2D eigenvalue weighted by atomic mass is 15.2. The molecule has 1 aliphatic rings. The second kappa shape index (κ2) is 1.72. The van der Waals surface area contributed by atoms with Crippen LogP contribution < -0.4 is 0 Å². The maximum absolute atomic E-state index is 7.44. The number of hydrogen-bond donors (Lipinski definition) is 1. The van der Waals surface area contributed by atoms with E-state index in [0.717, 1.165) is 18.8 Å². The Kier molecular flexibility index (Phi) is 1.26. The third kappa shape index (κ3) is 1.23. The first-order valence-electron chi connectivity index (χ1n) is 3.30. The van der Waals surface area contributed by atoms with Crippen LogP contribution in [0.3, 0.4) is 0 Å². The van der Waals surface area contributed by atoms with Gasteiger partial charge in [0.25, 0.3) is 0 Å². The molecule has 0 aromatic rings. The number of likely N-dealkylation sites (tertiary alicyclic amines) is 1. The molecule has 1 saturated heterocycles. The molecule has 1 fully saturated rings. The molecule has 2 nitrogen and oxygen atoms in total. The van der Waals surface area contributed by atoms with Crippen molar-refractivity contribution in [3.63, 3.8) is 0 Å². The van der Waals surface area contributed by atoms with Crippen LogP contribution >= 0.6 is 0 Å². The van der Waals surface area contributed by atoms with Crippen LogP contribution in [0.2, 0.25) is 0 Å². The summed E-state index contributed by atoms with van der Waals surface area (Å²) in [6.45, 7) is 5.43. The van der Waals surface area contributed by atoms with Gasteiger partial charge >= 0.3 is 0 Å². The average molecular weight is 126 g/mol. The van der Waals surface area contributed by atoms with Gasteiger partial charge < -0.3 is 4.90 Å². The minimum absolute atomic E-state index is 0.339. The summed E-state index contributed by atoms with van der Waals surface area (Å²) in [6, 6.07) is 0. The van der Waals surface area contributed by atoms with Crippen molar-refractivity contribution < 1.29 is 0 Å². The zero-order valence-electron chi connectivity index (χ0n) is 6.36. The van der Waals surface area contributed by atoms with Crippen LogP contribution in [0.15, 0.2) is 0 Å². The van der Waals surface area contributed by atoms with Crippen LogP contribution in [0, 0.1) is 10.8 Å². The number of nitrogens with one attached hydrogen (secondary N) is 1. The van der Waals surface area contributed by atoms with E-state index in [2.05, 4.69) is 13.8 Å². The summed E-state index contributed by atoms with van der Waals surface area (Å²) in [6.07, 6.45) is 0.934. The number of rotatable bonds is 0. The summed E-state index contributed by atoms with van der Waals surface area (Å²) < 4.78 is 0. The molecule has 0 aromatic carbocycles. The highest BCUT2D eigenvalue weighted by Gasteiger charge is 2.30. The molecule has 0 bridgehead atoms. The van der Waals surface area contributed by atoms with Crippen molar-refractivity contribution in [2.45, 2.75) is 20.3 Å². The second-order valence-electron chi connectivity index (χ2n) is 3.64. The van der Waals surface area contributed by atoms with Crippen LogP contribution in [-0.4, -0.2) is 24.3 Å². The predicted molar refractivity (Wildman–Crippen MR) is 38.8 cm³/mol. The molecule has 0 unspecified atom stereocenters. The average Bonchev–Trinajstić information content (AvgIpc) is 1.79. The zero-order valence-corrected chi connectivity index (χ0v) is 6.36. The Labute approximate surface area is 56.4 Å². The van der Waals surface area contributed by atoms with Crippen molar-refractivity contribution in [1.29, 1.82) is 5.41 Å². The van der Waals surface area contributed by atoms with Crippen molar-refractivity contribution in [1.82, 2.24) is 4.90 Å². The van der Waals surface area contributed by atoms with Gasteiger partial charge in [-0.15, -0.1) is 0 Å². The van der Waals surface area contributed by atoms with Gasteiger partial charge in [-0.05, 0) is 5.41 Å². The lowest BCUT2D eigenvalue weighted by molar-refractivity contribution is 0.350. The lowest BCUT2D eigenvalue weighted by atomic mass is 9.93. The largest absolute Gasteiger partial charge is 0.363 e. The molecule has 0 radical (unpaired) electrons. The third-order valence-electron chi connectivity index (χ3n) is 1.77. The molecule has 0 saturated carbocycles. The Hall–Kier alpha value is -0.530. The van der Waals surface area contributed by atoms with E-state index in [1.807, 2.05) is 11.9 Å². The Balaban J connectivity index is 2.65. The molecule has 1 aliphatic heterocycles. The highest BCUT2D eigenvalue weighted by molar-refractivity contribution is 5.81. The molecule has 1 N–H and O–H groups in total. The monoisotopic (exact) mass is 126 g/mol. The molecule has 0 aliphatic carbocycles. The van der Waals surface area contributed by atoms with Crippen LogP contribution in [0.25, 0.3) is 0 Å². The van der Waals surface area contributed by atoms with Gasteiger partial charge in [0.1, 0.15) is 0 Å². The zero-order chi connectivity index (χ0) is 7.07. The standard InChI is InChI=1S/C7H14N2/c1-7(2)4-6(8)9(3)5-7/h8H,4-5H2,1-3H3. The first kappa shape index (κ1) is 6.59. The second-order valence-corrected chi connectivity index (χ2v) is 3.64. The Morgan fingerprint density at radius 1 is 1.56 bits per heavy atom. The fraction of sp³-hybridized carbons (Fsp3) is 0.857. The van der Waals surface area contributed by atoms with E-state index in [-0.39, 0.29) is 0 Å². The third-order valence-corrected chi connectivity index (χ3v) is 1.77. The van der Waals surface area contributed by atoms with E-state index < -0.39 is 0 Å². The maximum Gasteiger partial charge on any atom is 0.0961 e. The topological polar surface area (TPSA) is 27.1 Å². The summed E-state index contributed by atoms with van der Waals surface area (Å²) in [5.41, 5.74) is 0.339. The van der Waals surface area contributed by atoms with Crippen molar-refractivity contribution in [2.75, 3.05) is 13.6 Å². The van der Waals surface area contributed by atoms with E-state index in [1.54, 1.807) is 0 Å². The molecule has 1 rings (SSSR count). The van der Waals surface area contributed by atoms with E-state index >= 15 is 0 Å². The van der Waals surface area contributed by atoms with Crippen LogP contribution in [0.1, 0.15) is 20.3 Å². The Morgan fingerprint density at radius 2 is 2.11 bits per heavy atom. The molecule has 0 atom stereocenters. The quantitative estimate of drug-likeness (QED) is 0.520. The van der Waals surface area contributed by atoms with Crippen molar-refractivity contribution >= 4 is 5.84 Å². The number of nitrogens with zero attached hydrogens (tertiary/aromatic N) is 1. The van der Waals surface area contributed by atoms with E-state index in [0.29, 0.717) is 5.41 Å². The normalized spacial score (nSPS) is 25.2. The summed E-state index contributed by atoms with van der Waals surface area (Å²) in [5.74, 6) is 0.778. The first-order chi connectivity index (χ1) is 4.01. The van der Waals surface area contributed by atoms with Gasteiger partial charge in [-0.25, -0.2) is 0 Å². The van der Waals surface area contributed by atoms with Crippen LogP contribution in [0.5, 0.6) is 0 Å². The predicted octanol–water partition coefficient (Wildman–Crippen LogP) is 1.33. The minimum Gasteiger partial charge on any atom is -0.363 e. The summed E-state index contributed by atoms with van der Waals surface area (Å²) in [7, 11) is 1.98. The van der Waals surface area contributed by atoms with Crippen molar-refractivity contribution in [2.24, 2.45) is 5.41 Å². The van der Waals surface area contributed by atoms with Gasteiger partial charge in [0.05, 0.1) is 5.84 Å². The van der Waals surface area contributed by atoms with E-state index in [9.17, 15) is 0 Å². The number of amidine groups is 1. The van der Waals surface area contributed by atoms with Crippen LogP contribution in [-0.2, 0) is 0 Å².